The van der Waals surface area contributed by atoms with Gasteiger partial charge >= 0.3 is 5.69 Å². The number of nitrogens with one attached hydrogen (secondary N) is 1. The molecule has 1 saturated heterocycles. The van der Waals surface area contributed by atoms with Gasteiger partial charge in [0.15, 0.2) is 11.9 Å². The Kier molecular flexibility index (Phi) is 5.20. The minimum absolute atomic E-state index is 0.0354. The smallest absolute Gasteiger partial charge is 0.312 e. The number of nitrogens with zero attached hydrogens (tertiary/aromatic N) is 2. The zero-order chi connectivity index (χ0) is 16.3. The number of amides is 1. The molecule has 0 aromatic heterocycles. The van der Waals surface area contributed by atoms with Gasteiger partial charge in [-0.15, -0.1) is 0 Å². The van der Waals surface area contributed by atoms with E-state index in [0.717, 1.165) is 19.5 Å². The summed E-state index contributed by atoms with van der Waals surface area (Å²) >= 11 is 5.75. The van der Waals surface area contributed by atoms with Crippen molar-refractivity contribution in [2.75, 3.05) is 20.1 Å². The summed E-state index contributed by atoms with van der Waals surface area (Å²) in [5.41, 5.74) is -0.252. The lowest BCUT2D eigenvalue weighted by Crippen LogP contribution is -2.44. The Bertz CT molecular complexity index is 575. The number of likely N-dealkylation sites (N-methyl/N-ethyl adjacent to an activating group) is 1. The van der Waals surface area contributed by atoms with Gasteiger partial charge in [-0.3, -0.25) is 14.9 Å². The number of carbonyl (C=O) groups excluding carboxylic acids is 1. The summed E-state index contributed by atoms with van der Waals surface area (Å²) in [7, 11) is 1.72. The fraction of sp³-hybridized carbons (Fsp3) is 0.500. The monoisotopic (exact) mass is 327 g/mol. The van der Waals surface area contributed by atoms with Crippen LogP contribution in [0.3, 0.4) is 0 Å². The Hall–Kier alpha value is -1.86. The molecule has 2 atom stereocenters. The Morgan fingerprint density at radius 2 is 2.32 bits per heavy atom. The molecule has 2 unspecified atom stereocenters. The van der Waals surface area contributed by atoms with E-state index in [0.29, 0.717) is 0 Å². The molecule has 0 spiro atoms. The lowest BCUT2D eigenvalue weighted by atomic mass is 10.2. The Labute approximate surface area is 133 Å². The van der Waals surface area contributed by atoms with E-state index in [2.05, 4.69) is 5.32 Å². The molecule has 1 aliphatic heterocycles. The largest absolute Gasteiger partial charge is 0.474 e. The number of nitro groups is 1. The van der Waals surface area contributed by atoms with Crippen LogP contribution in [-0.4, -0.2) is 48.0 Å². The molecule has 120 valence electrons. The van der Waals surface area contributed by atoms with Crippen LogP contribution in [-0.2, 0) is 4.79 Å². The number of ether oxygens (including phenoxy) is 1. The molecule has 1 N–H and O–H groups in total. The Morgan fingerprint density at radius 3 is 2.91 bits per heavy atom. The van der Waals surface area contributed by atoms with Gasteiger partial charge in [-0.25, -0.2) is 0 Å². The Morgan fingerprint density at radius 1 is 1.59 bits per heavy atom. The minimum atomic E-state index is -0.814. The second-order valence-corrected chi connectivity index (χ2v) is 5.66. The average Bonchev–Trinajstić information content (AvgIpc) is 3.01. The van der Waals surface area contributed by atoms with Gasteiger partial charge < -0.3 is 15.0 Å². The summed E-state index contributed by atoms with van der Waals surface area (Å²) < 4.78 is 5.49. The summed E-state index contributed by atoms with van der Waals surface area (Å²) in [4.78, 5) is 24.4. The average molecular weight is 328 g/mol. The maximum Gasteiger partial charge on any atom is 0.312 e. The first-order valence-corrected chi connectivity index (χ1v) is 7.36. The predicted molar refractivity (Wildman–Crippen MR) is 82.2 cm³/mol. The van der Waals surface area contributed by atoms with Crippen molar-refractivity contribution in [3.05, 3.63) is 33.3 Å². The van der Waals surface area contributed by atoms with Gasteiger partial charge in [0, 0.05) is 30.7 Å². The molecular formula is C14H18ClN3O4. The third-order valence-corrected chi connectivity index (χ3v) is 3.93. The molecule has 1 heterocycles. The van der Waals surface area contributed by atoms with E-state index in [9.17, 15) is 14.9 Å². The highest BCUT2D eigenvalue weighted by Crippen LogP contribution is 2.30. The fourth-order valence-corrected chi connectivity index (χ4v) is 2.58. The fourth-order valence-electron chi connectivity index (χ4n) is 2.41. The summed E-state index contributed by atoms with van der Waals surface area (Å²) in [6, 6.07) is 4.23. The summed E-state index contributed by atoms with van der Waals surface area (Å²) in [5.74, 6) is -0.175. The number of benzene rings is 1. The van der Waals surface area contributed by atoms with E-state index in [1.54, 1.807) is 18.9 Å². The molecule has 22 heavy (non-hydrogen) atoms. The van der Waals surface area contributed by atoms with Crippen LogP contribution < -0.4 is 10.1 Å². The van der Waals surface area contributed by atoms with Gasteiger partial charge in [-0.05, 0) is 32.0 Å². The van der Waals surface area contributed by atoms with Gasteiger partial charge in [-0.1, -0.05) is 11.6 Å². The maximum atomic E-state index is 12.4. The van der Waals surface area contributed by atoms with Gasteiger partial charge in [0.05, 0.1) is 4.92 Å². The molecule has 1 fully saturated rings. The second kappa shape index (κ2) is 6.93. The van der Waals surface area contributed by atoms with E-state index in [1.807, 2.05) is 0 Å². The molecule has 8 heteroatoms. The summed E-state index contributed by atoms with van der Waals surface area (Å²) in [5, 5.41) is 14.5. The van der Waals surface area contributed by atoms with Gasteiger partial charge in [0.1, 0.15) is 0 Å². The quantitative estimate of drug-likeness (QED) is 0.659. The molecule has 7 nitrogen and oxygen atoms in total. The van der Waals surface area contributed by atoms with Gasteiger partial charge in [-0.2, -0.15) is 0 Å². The van der Waals surface area contributed by atoms with Crippen LogP contribution >= 0.6 is 11.6 Å². The molecule has 2 rings (SSSR count). The van der Waals surface area contributed by atoms with Crippen molar-refractivity contribution in [1.29, 1.82) is 0 Å². The highest BCUT2D eigenvalue weighted by atomic mass is 35.5. The topological polar surface area (TPSA) is 84.7 Å². The van der Waals surface area contributed by atoms with Gasteiger partial charge in [0.2, 0.25) is 0 Å². The second-order valence-electron chi connectivity index (χ2n) is 5.23. The van der Waals surface area contributed by atoms with Crippen LogP contribution in [0.1, 0.15) is 13.3 Å². The van der Waals surface area contributed by atoms with Crippen molar-refractivity contribution in [2.45, 2.75) is 25.5 Å². The van der Waals surface area contributed by atoms with Crippen molar-refractivity contribution >= 4 is 23.2 Å². The molecular weight excluding hydrogens is 310 g/mol. The van der Waals surface area contributed by atoms with Crippen LogP contribution in [0, 0.1) is 10.1 Å². The third kappa shape index (κ3) is 3.66. The van der Waals surface area contributed by atoms with Crippen LogP contribution in [0.5, 0.6) is 5.75 Å². The van der Waals surface area contributed by atoms with E-state index < -0.39 is 11.0 Å². The molecule has 0 radical (unpaired) electrons. The molecule has 0 aliphatic carbocycles. The first-order chi connectivity index (χ1) is 10.4. The van der Waals surface area contributed by atoms with Crippen molar-refractivity contribution in [3.63, 3.8) is 0 Å². The van der Waals surface area contributed by atoms with E-state index >= 15 is 0 Å². The molecule has 1 aromatic carbocycles. The summed E-state index contributed by atoms with van der Waals surface area (Å²) in [6.45, 7) is 3.20. The lowest BCUT2D eigenvalue weighted by Gasteiger charge is -2.26. The van der Waals surface area contributed by atoms with Gasteiger partial charge in [0.25, 0.3) is 5.91 Å². The normalized spacial score (nSPS) is 18.8. The standard InChI is InChI=1S/C14H18ClN3O4/c1-9(14(19)17(2)11-5-6-16-8-11)22-13-4-3-10(15)7-12(13)18(20)21/h3-4,7,9,11,16H,5-6,8H2,1-2H3. The third-order valence-electron chi connectivity index (χ3n) is 3.70. The van der Waals surface area contributed by atoms with Crippen LogP contribution in [0.25, 0.3) is 0 Å². The van der Waals surface area contributed by atoms with Crippen LogP contribution in [0.2, 0.25) is 5.02 Å². The molecule has 1 amide bonds. The van der Waals surface area contributed by atoms with Crippen molar-refractivity contribution in [1.82, 2.24) is 10.2 Å². The zero-order valence-corrected chi connectivity index (χ0v) is 13.2. The minimum Gasteiger partial charge on any atom is -0.474 e. The first-order valence-electron chi connectivity index (χ1n) is 6.98. The SMILES string of the molecule is CC(Oc1ccc(Cl)cc1[N+](=O)[O-])C(=O)N(C)C1CCNC1. The van der Waals surface area contributed by atoms with E-state index in [-0.39, 0.29) is 28.4 Å². The molecule has 1 aliphatic rings. The number of rotatable bonds is 5. The van der Waals surface area contributed by atoms with Crippen molar-refractivity contribution in [3.8, 4) is 5.75 Å². The van der Waals surface area contributed by atoms with E-state index in [4.69, 9.17) is 16.3 Å². The van der Waals surface area contributed by atoms with Crippen molar-refractivity contribution in [2.24, 2.45) is 0 Å². The highest BCUT2D eigenvalue weighted by molar-refractivity contribution is 6.30. The predicted octanol–water partition coefficient (Wildman–Crippen LogP) is 1.84. The van der Waals surface area contributed by atoms with Crippen LogP contribution in [0.4, 0.5) is 5.69 Å². The summed E-state index contributed by atoms with van der Waals surface area (Å²) in [6.07, 6.45) is 0.0706. The van der Waals surface area contributed by atoms with Crippen LogP contribution in [0.15, 0.2) is 18.2 Å². The number of hydrogen-bond donors (Lipinski definition) is 1. The number of nitro benzene ring substituents is 1. The van der Waals surface area contributed by atoms with E-state index in [1.165, 1.54) is 18.2 Å². The zero-order valence-electron chi connectivity index (χ0n) is 12.4. The van der Waals surface area contributed by atoms with Crippen molar-refractivity contribution < 1.29 is 14.5 Å². The molecule has 0 saturated carbocycles. The highest BCUT2D eigenvalue weighted by Gasteiger charge is 2.29. The molecule has 0 bridgehead atoms. The lowest BCUT2D eigenvalue weighted by molar-refractivity contribution is -0.386. The number of halogens is 1. The first kappa shape index (κ1) is 16.5. The number of hydrogen-bond acceptors (Lipinski definition) is 5. The Balaban J connectivity index is 2.09. The maximum absolute atomic E-state index is 12.4. The molecule has 1 aromatic rings. The number of carbonyl (C=O) groups is 1.